The van der Waals surface area contributed by atoms with Crippen molar-refractivity contribution < 1.29 is 4.79 Å². The zero-order valence-electron chi connectivity index (χ0n) is 6.97. The van der Waals surface area contributed by atoms with Crippen LogP contribution in [0.1, 0.15) is 22.8 Å². The number of anilines is 1. The number of Topliss-reactive ketones (excluding diaryl/α,β-unsaturated/α-hetero) is 1. The van der Waals surface area contributed by atoms with Gasteiger partial charge in [-0.1, -0.05) is 0 Å². The molecule has 0 spiro atoms. The Balaban J connectivity index is 3.41. The van der Waals surface area contributed by atoms with Gasteiger partial charge in [-0.3, -0.25) is 4.79 Å². The van der Waals surface area contributed by atoms with Crippen molar-refractivity contribution in [1.29, 1.82) is 5.26 Å². The topological polar surface area (TPSA) is 66.9 Å². The molecule has 0 aliphatic heterocycles. The Morgan fingerprint density at radius 3 is 2.69 bits per heavy atom. The molecule has 3 nitrogen and oxygen atoms in total. The molecule has 1 aromatic rings. The van der Waals surface area contributed by atoms with Gasteiger partial charge in [-0.25, -0.2) is 0 Å². The van der Waals surface area contributed by atoms with E-state index in [2.05, 4.69) is 15.9 Å². The van der Waals surface area contributed by atoms with Gasteiger partial charge in [-0.15, -0.1) is 0 Å². The second-order valence-electron chi connectivity index (χ2n) is 2.59. The highest BCUT2D eigenvalue weighted by atomic mass is 79.9. The Kier molecular flexibility index (Phi) is 2.69. The summed E-state index contributed by atoms with van der Waals surface area (Å²) >= 11 is 3.20. The van der Waals surface area contributed by atoms with E-state index in [4.69, 9.17) is 11.0 Å². The molecule has 13 heavy (non-hydrogen) atoms. The molecule has 4 heteroatoms. The minimum absolute atomic E-state index is 0.0941. The van der Waals surface area contributed by atoms with E-state index < -0.39 is 0 Å². The van der Waals surface area contributed by atoms with Crippen LogP contribution in [0.2, 0.25) is 0 Å². The van der Waals surface area contributed by atoms with Gasteiger partial charge in [0.1, 0.15) is 6.07 Å². The van der Waals surface area contributed by atoms with Gasteiger partial charge < -0.3 is 5.73 Å². The first-order chi connectivity index (χ1) is 6.06. The zero-order valence-corrected chi connectivity index (χ0v) is 8.55. The molecule has 0 aromatic heterocycles. The van der Waals surface area contributed by atoms with E-state index in [1.54, 1.807) is 6.07 Å². The van der Waals surface area contributed by atoms with Crippen molar-refractivity contribution in [2.45, 2.75) is 6.92 Å². The molecule has 0 saturated carbocycles. The minimum Gasteiger partial charge on any atom is -0.398 e. The molecule has 0 unspecified atom stereocenters. The average Bonchev–Trinajstić information content (AvgIpc) is 2.03. The van der Waals surface area contributed by atoms with Crippen molar-refractivity contribution in [1.82, 2.24) is 0 Å². The third-order valence-electron chi connectivity index (χ3n) is 1.64. The molecule has 2 N–H and O–H groups in total. The molecule has 0 amide bonds. The lowest BCUT2D eigenvalue weighted by atomic mass is 10.1. The first kappa shape index (κ1) is 9.75. The van der Waals surface area contributed by atoms with Crippen LogP contribution in [0.3, 0.4) is 0 Å². The van der Waals surface area contributed by atoms with Crippen LogP contribution < -0.4 is 5.73 Å². The van der Waals surface area contributed by atoms with Crippen molar-refractivity contribution >= 4 is 27.4 Å². The molecule has 0 aliphatic rings. The van der Waals surface area contributed by atoms with E-state index in [0.29, 0.717) is 21.3 Å². The Labute approximate surface area is 84.3 Å². The maximum atomic E-state index is 11.1. The number of carbonyl (C=O) groups is 1. The molecular formula is C9H7BrN2O. The molecule has 0 aliphatic carbocycles. The summed E-state index contributed by atoms with van der Waals surface area (Å²) in [4.78, 5) is 11.1. The highest BCUT2D eigenvalue weighted by molar-refractivity contribution is 9.10. The lowest BCUT2D eigenvalue weighted by molar-refractivity contribution is 0.101. The fraction of sp³-hybridized carbons (Fsp3) is 0.111. The van der Waals surface area contributed by atoms with Gasteiger partial charge in [0.2, 0.25) is 0 Å². The molecule has 0 fully saturated rings. The molecule has 0 bridgehead atoms. The number of hydrogen-bond acceptors (Lipinski definition) is 3. The first-order valence-electron chi connectivity index (χ1n) is 3.56. The monoisotopic (exact) mass is 238 g/mol. The van der Waals surface area contributed by atoms with E-state index >= 15 is 0 Å². The maximum absolute atomic E-state index is 11.1. The van der Waals surface area contributed by atoms with E-state index in [-0.39, 0.29) is 5.78 Å². The van der Waals surface area contributed by atoms with Crippen molar-refractivity contribution in [3.63, 3.8) is 0 Å². The minimum atomic E-state index is -0.0941. The number of nitriles is 1. The van der Waals surface area contributed by atoms with Crippen LogP contribution in [-0.2, 0) is 0 Å². The lowest BCUT2D eigenvalue weighted by Gasteiger charge is -2.03. The van der Waals surface area contributed by atoms with Crippen LogP contribution in [0.25, 0.3) is 0 Å². The van der Waals surface area contributed by atoms with Crippen molar-refractivity contribution in [2.24, 2.45) is 0 Å². The van der Waals surface area contributed by atoms with Crippen molar-refractivity contribution in [3.8, 4) is 6.07 Å². The number of nitrogen functional groups attached to an aromatic ring is 1. The fourth-order valence-corrected chi connectivity index (χ4v) is 1.60. The van der Waals surface area contributed by atoms with Gasteiger partial charge in [-0.05, 0) is 35.0 Å². The third-order valence-corrected chi connectivity index (χ3v) is 2.30. The second kappa shape index (κ2) is 3.58. The molecule has 1 rings (SSSR count). The third kappa shape index (κ3) is 1.87. The number of nitrogens with two attached hydrogens (primary N) is 1. The fourth-order valence-electron chi connectivity index (χ4n) is 0.955. The van der Waals surface area contributed by atoms with Crippen LogP contribution >= 0.6 is 15.9 Å². The van der Waals surface area contributed by atoms with Gasteiger partial charge in [0.15, 0.2) is 5.78 Å². The first-order valence-corrected chi connectivity index (χ1v) is 4.35. The predicted octanol–water partition coefficient (Wildman–Crippen LogP) is 2.11. The summed E-state index contributed by atoms with van der Waals surface area (Å²) in [5.74, 6) is -0.0941. The molecule has 0 saturated heterocycles. The molecule has 0 atom stereocenters. The van der Waals surface area contributed by atoms with Gasteiger partial charge >= 0.3 is 0 Å². The normalized spacial score (nSPS) is 9.31. The Morgan fingerprint density at radius 2 is 2.23 bits per heavy atom. The van der Waals surface area contributed by atoms with Crippen molar-refractivity contribution in [2.75, 3.05) is 5.73 Å². The summed E-state index contributed by atoms with van der Waals surface area (Å²) in [6, 6.07) is 4.97. The van der Waals surface area contributed by atoms with Crippen LogP contribution in [0.5, 0.6) is 0 Å². The van der Waals surface area contributed by atoms with Crippen LogP contribution in [0.15, 0.2) is 16.6 Å². The summed E-state index contributed by atoms with van der Waals surface area (Å²) in [6.07, 6.45) is 0. The Hall–Kier alpha value is -1.34. The number of ketones is 1. The highest BCUT2D eigenvalue weighted by Crippen LogP contribution is 2.23. The maximum Gasteiger partial charge on any atom is 0.160 e. The lowest BCUT2D eigenvalue weighted by Crippen LogP contribution is -1.98. The van der Waals surface area contributed by atoms with Gasteiger partial charge in [-0.2, -0.15) is 5.26 Å². The quantitative estimate of drug-likeness (QED) is 0.602. The van der Waals surface area contributed by atoms with E-state index in [9.17, 15) is 4.79 Å². The number of nitrogens with zero attached hydrogens (tertiary/aromatic N) is 1. The molecule has 66 valence electrons. The average molecular weight is 239 g/mol. The van der Waals surface area contributed by atoms with Gasteiger partial charge in [0.25, 0.3) is 0 Å². The summed E-state index contributed by atoms with van der Waals surface area (Å²) < 4.78 is 0.622. The summed E-state index contributed by atoms with van der Waals surface area (Å²) in [5, 5.41) is 8.66. The zero-order chi connectivity index (χ0) is 10.0. The molecule has 0 heterocycles. The largest absolute Gasteiger partial charge is 0.398 e. The summed E-state index contributed by atoms with van der Waals surface area (Å²) in [7, 11) is 0. The smallest absolute Gasteiger partial charge is 0.160 e. The summed E-state index contributed by atoms with van der Waals surface area (Å²) in [6.45, 7) is 1.44. The predicted molar refractivity (Wildman–Crippen MR) is 53.3 cm³/mol. The highest BCUT2D eigenvalue weighted by Gasteiger charge is 2.08. The molecular weight excluding hydrogens is 232 g/mol. The Bertz CT molecular complexity index is 407. The number of rotatable bonds is 1. The number of hydrogen-bond donors (Lipinski definition) is 1. The number of halogens is 1. The van der Waals surface area contributed by atoms with Crippen molar-refractivity contribution in [3.05, 3.63) is 27.7 Å². The standard InChI is InChI=1S/C9H7BrN2O/c1-5(13)7-2-6(4-11)9(12)3-8(7)10/h2-3H,12H2,1H3. The SMILES string of the molecule is CC(=O)c1cc(C#N)c(N)cc1Br. The van der Waals surface area contributed by atoms with E-state index in [1.807, 2.05) is 6.07 Å². The van der Waals surface area contributed by atoms with Crippen LogP contribution in [0.4, 0.5) is 5.69 Å². The van der Waals surface area contributed by atoms with Gasteiger partial charge in [0, 0.05) is 10.0 Å². The molecule has 1 aromatic carbocycles. The van der Waals surface area contributed by atoms with E-state index in [0.717, 1.165) is 0 Å². The molecule has 0 radical (unpaired) electrons. The summed E-state index contributed by atoms with van der Waals surface area (Å²) in [5.41, 5.74) is 6.72. The Morgan fingerprint density at radius 1 is 1.62 bits per heavy atom. The van der Waals surface area contributed by atoms with Gasteiger partial charge in [0.05, 0.1) is 11.3 Å². The van der Waals surface area contributed by atoms with E-state index in [1.165, 1.54) is 13.0 Å². The number of carbonyl (C=O) groups excluding carboxylic acids is 1. The van der Waals surface area contributed by atoms with Crippen LogP contribution in [-0.4, -0.2) is 5.78 Å². The number of benzene rings is 1. The van der Waals surface area contributed by atoms with Crippen LogP contribution in [0, 0.1) is 11.3 Å². The second-order valence-corrected chi connectivity index (χ2v) is 3.44.